The molecule has 0 amide bonds. The molecule has 1 aromatic carbocycles. The van der Waals surface area contributed by atoms with Crippen molar-refractivity contribution in [1.29, 1.82) is 0 Å². The zero-order valence-electron chi connectivity index (χ0n) is 9.56. The highest BCUT2D eigenvalue weighted by atomic mass is 19.1. The zero-order chi connectivity index (χ0) is 12.3. The molecule has 0 aliphatic heterocycles. The fraction of sp³-hybridized carbons (Fsp3) is 0.333. The van der Waals surface area contributed by atoms with E-state index >= 15 is 0 Å². The summed E-state index contributed by atoms with van der Waals surface area (Å²) in [7, 11) is 0. The summed E-state index contributed by atoms with van der Waals surface area (Å²) >= 11 is 0. The first-order chi connectivity index (χ1) is 8.20. The van der Waals surface area contributed by atoms with Crippen LogP contribution >= 0.6 is 0 Å². The predicted molar refractivity (Wildman–Crippen MR) is 61.6 cm³/mol. The van der Waals surface area contributed by atoms with Crippen LogP contribution in [0.25, 0.3) is 11.4 Å². The molecule has 0 fully saturated rings. The summed E-state index contributed by atoms with van der Waals surface area (Å²) in [6, 6.07) is 6.34. The van der Waals surface area contributed by atoms with Crippen molar-refractivity contribution in [3.63, 3.8) is 0 Å². The summed E-state index contributed by atoms with van der Waals surface area (Å²) in [5.74, 6) is 0.680. The summed E-state index contributed by atoms with van der Waals surface area (Å²) in [4.78, 5) is 4.16. The maximum atomic E-state index is 13.5. The number of nitrogens with zero attached hydrogens (tertiary/aromatic N) is 2. The molecule has 0 aliphatic carbocycles. The molecule has 17 heavy (non-hydrogen) atoms. The molecule has 0 saturated heterocycles. The molecule has 2 aromatic rings. The summed E-state index contributed by atoms with van der Waals surface area (Å²) in [6.07, 6.45) is 0.609. The topological polar surface area (TPSA) is 64.9 Å². The molecule has 1 unspecified atom stereocenters. The predicted octanol–water partition coefficient (Wildman–Crippen LogP) is 2.01. The van der Waals surface area contributed by atoms with Crippen LogP contribution in [0, 0.1) is 11.7 Å². The van der Waals surface area contributed by atoms with Gasteiger partial charge in [-0.25, -0.2) is 4.39 Å². The van der Waals surface area contributed by atoms with E-state index < -0.39 is 0 Å². The van der Waals surface area contributed by atoms with E-state index in [4.69, 9.17) is 10.3 Å². The SMILES string of the molecule is CC(CN)Cc1nc(-c2ccccc2F)no1. The van der Waals surface area contributed by atoms with Crippen LogP contribution in [0.4, 0.5) is 4.39 Å². The Balaban J connectivity index is 2.21. The number of rotatable bonds is 4. The van der Waals surface area contributed by atoms with Gasteiger partial charge >= 0.3 is 0 Å². The molecule has 5 heteroatoms. The van der Waals surface area contributed by atoms with Gasteiger partial charge in [0.05, 0.1) is 5.56 Å². The van der Waals surface area contributed by atoms with E-state index in [1.807, 2.05) is 6.92 Å². The highest BCUT2D eigenvalue weighted by molar-refractivity contribution is 5.54. The molecule has 0 saturated carbocycles. The fourth-order valence-corrected chi connectivity index (χ4v) is 1.47. The largest absolute Gasteiger partial charge is 0.339 e. The van der Waals surface area contributed by atoms with Crippen LogP contribution in [0.2, 0.25) is 0 Å². The van der Waals surface area contributed by atoms with Crippen LogP contribution in [0.1, 0.15) is 12.8 Å². The number of benzene rings is 1. The van der Waals surface area contributed by atoms with Gasteiger partial charge in [0.25, 0.3) is 0 Å². The minimum Gasteiger partial charge on any atom is -0.339 e. The fourth-order valence-electron chi connectivity index (χ4n) is 1.47. The molecule has 0 aliphatic rings. The number of aromatic nitrogens is 2. The summed E-state index contributed by atoms with van der Waals surface area (Å²) < 4.78 is 18.5. The summed E-state index contributed by atoms with van der Waals surface area (Å²) in [6.45, 7) is 2.55. The van der Waals surface area contributed by atoms with Gasteiger partial charge in [0, 0.05) is 6.42 Å². The van der Waals surface area contributed by atoms with Gasteiger partial charge in [-0.1, -0.05) is 24.2 Å². The normalized spacial score (nSPS) is 12.6. The van der Waals surface area contributed by atoms with Crippen LogP contribution in [-0.4, -0.2) is 16.7 Å². The standard InChI is InChI=1S/C12H14FN3O/c1-8(7-14)6-11-15-12(16-17-11)9-4-2-3-5-10(9)13/h2-5,8H,6-7,14H2,1H3. The smallest absolute Gasteiger partial charge is 0.227 e. The minimum absolute atomic E-state index is 0.268. The van der Waals surface area contributed by atoms with E-state index in [1.165, 1.54) is 6.07 Å². The van der Waals surface area contributed by atoms with Crippen LogP contribution in [0.5, 0.6) is 0 Å². The Morgan fingerprint density at radius 3 is 2.88 bits per heavy atom. The number of nitrogens with two attached hydrogens (primary N) is 1. The average molecular weight is 235 g/mol. The maximum absolute atomic E-state index is 13.5. The highest BCUT2D eigenvalue weighted by Crippen LogP contribution is 2.19. The van der Waals surface area contributed by atoms with Gasteiger partial charge in [-0.05, 0) is 24.6 Å². The van der Waals surface area contributed by atoms with E-state index in [2.05, 4.69) is 10.1 Å². The van der Waals surface area contributed by atoms with Gasteiger partial charge in [-0.15, -0.1) is 0 Å². The van der Waals surface area contributed by atoms with Gasteiger partial charge in [0.15, 0.2) is 0 Å². The quantitative estimate of drug-likeness (QED) is 0.880. The molecule has 1 aromatic heterocycles. The van der Waals surface area contributed by atoms with Gasteiger partial charge < -0.3 is 10.3 Å². The molecule has 1 heterocycles. The summed E-state index contributed by atoms with van der Waals surface area (Å²) in [5, 5.41) is 3.77. The lowest BCUT2D eigenvalue weighted by atomic mass is 10.1. The molecule has 4 nitrogen and oxygen atoms in total. The molecule has 0 radical (unpaired) electrons. The number of hydrogen-bond donors (Lipinski definition) is 1. The Hall–Kier alpha value is -1.75. The van der Waals surface area contributed by atoms with Crippen molar-refractivity contribution in [3.05, 3.63) is 36.0 Å². The number of hydrogen-bond acceptors (Lipinski definition) is 4. The first kappa shape index (κ1) is 11.7. The molecule has 0 spiro atoms. The Kier molecular flexibility index (Phi) is 3.49. The summed E-state index contributed by atoms with van der Waals surface area (Å²) in [5.41, 5.74) is 5.86. The second-order valence-electron chi connectivity index (χ2n) is 4.04. The monoisotopic (exact) mass is 235 g/mol. The third-order valence-electron chi connectivity index (χ3n) is 2.51. The number of halogens is 1. The van der Waals surface area contributed by atoms with Crippen molar-refractivity contribution in [2.45, 2.75) is 13.3 Å². The molecule has 0 bridgehead atoms. The van der Waals surface area contributed by atoms with Crippen LogP contribution in [0.3, 0.4) is 0 Å². The zero-order valence-corrected chi connectivity index (χ0v) is 9.56. The first-order valence-electron chi connectivity index (χ1n) is 5.48. The lowest BCUT2D eigenvalue weighted by molar-refractivity contribution is 0.359. The Labute approximate surface area is 98.6 Å². The first-order valence-corrected chi connectivity index (χ1v) is 5.48. The van der Waals surface area contributed by atoms with E-state index in [1.54, 1.807) is 18.2 Å². The second-order valence-corrected chi connectivity index (χ2v) is 4.04. The van der Waals surface area contributed by atoms with Gasteiger partial charge in [-0.2, -0.15) is 4.98 Å². The van der Waals surface area contributed by atoms with E-state index in [9.17, 15) is 4.39 Å². The van der Waals surface area contributed by atoms with Crippen molar-refractivity contribution in [2.75, 3.05) is 6.54 Å². The van der Waals surface area contributed by atoms with Crippen LogP contribution in [0.15, 0.2) is 28.8 Å². The van der Waals surface area contributed by atoms with E-state index in [-0.39, 0.29) is 17.6 Å². The van der Waals surface area contributed by atoms with E-state index in [0.717, 1.165) is 0 Å². The molecule has 2 N–H and O–H groups in total. The third kappa shape index (κ3) is 2.68. The van der Waals surface area contributed by atoms with Crippen molar-refractivity contribution in [2.24, 2.45) is 11.7 Å². The lowest BCUT2D eigenvalue weighted by Crippen LogP contribution is -2.13. The Morgan fingerprint density at radius 1 is 1.41 bits per heavy atom. The van der Waals surface area contributed by atoms with Crippen molar-refractivity contribution >= 4 is 0 Å². The average Bonchev–Trinajstić information content (AvgIpc) is 2.78. The van der Waals surface area contributed by atoms with Crippen molar-refractivity contribution in [1.82, 2.24) is 10.1 Å². The third-order valence-corrected chi connectivity index (χ3v) is 2.51. The molecule has 2 rings (SSSR count). The van der Waals surface area contributed by atoms with Crippen molar-refractivity contribution < 1.29 is 8.91 Å². The molecule has 90 valence electrons. The van der Waals surface area contributed by atoms with Gasteiger partial charge in [0.1, 0.15) is 5.82 Å². The second kappa shape index (κ2) is 5.05. The highest BCUT2D eigenvalue weighted by Gasteiger charge is 2.13. The minimum atomic E-state index is -0.355. The van der Waals surface area contributed by atoms with Gasteiger partial charge in [0.2, 0.25) is 11.7 Å². The van der Waals surface area contributed by atoms with E-state index in [0.29, 0.717) is 24.4 Å². The van der Waals surface area contributed by atoms with Crippen LogP contribution in [-0.2, 0) is 6.42 Å². The molecule has 1 atom stereocenters. The molecular formula is C12H14FN3O. The lowest BCUT2D eigenvalue weighted by Gasteiger charge is -2.01. The van der Waals surface area contributed by atoms with Crippen molar-refractivity contribution in [3.8, 4) is 11.4 Å². The van der Waals surface area contributed by atoms with Crippen LogP contribution < -0.4 is 5.73 Å². The Bertz CT molecular complexity index is 498. The maximum Gasteiger partial charge on any atom is 0.227 e. The van der Waals surface area contributed by atoms with Gasteiger partial charge in [-0.3, -0.25) is 0 Å². The molecular weight excluding hydrogens is 221 g/mol. The Morgan fingerprint density at radius 2 is 2.18 bits per heavy atom.